The molecule has 2 aromatic rings. The maximum Gasteiger partial charge on any atom is 0.102 e. The van der Waals surface area contributed by atoms with Gasteiger partial charge in [-0.1, -0.05) is 11.6 Å². The zero-order valence-electron chi connectivity index (χ0n) is 9.45. The Balaban J connectivity index is 2.94. The van der Waals surface area contributed by atoms with Crippen molar-refractivity contribution in [3.63, 3.8) is 0 Å². The number of rotatable bonds is 1. The summed E-state index contributed by atoms with van der Waals surface area (Å²) in [5.41, 5.74) is 2.61. The summed E-state index contributed by atoms with van der Waals surface area (Å²) < 4.78 is 1.99. The summed E-state index contributed by atoms with van der Waals surface area (Å²) in [5.74, 6) is 0. The van der Waals surface area contributed by atoms with Crippen molar-refractivity contribution in [3.8, 4) is 6.07 Å². The fourth-order valence-electron chi connectivity index (χ4n) is 2.03. The van der Waals surface area contributed by atoms with E-state index >= 15 is 0 Å². The van der Waals surface area contributed by atoms with Crippen LogP contribution in [-0.2, 0) is 0 Å². The molecule has 0 bridgehead atoms. The second kappa shape index (κ2) is 3.73. The SMILES string of the molecule is Cc1c(C#N)c2ccc(Cl)cc2n1N(C)C. The minimum atomic E-state index is 0.678. The Kier molecular flexibility index (Phi) is 2.53. The summed E-state index contributed by atoms with van der Waals surface area (Å²) in [7, 11) is 3.88. The first-order valence-electron chi connectivity index (χ1n) is 4.94. The van der Waals surface area contributed by atoms with E-state index in [0.29, 0.717) is 10.6 Å². The van der Waals surface area contributed by atoms with Crippen LogP contribution in [-0.4, -0.2) is 18.8 Å². The van der Waals surface area contributed by atoms with Crippen molar-refractivity contribution < 1.29 is 0 Å². The molecule has 0 radical (unpaired) electrons. The number of benzene rings is 1. The van der Waals surface area contributed by atoms with Crippen LogP contribution in [0.15, 0.2) is 18.2 Å². The lowest BCUT2D eigenvalue weighted by Crippen LogP contribution is -2.25. The first kappa shape index (κ1) is 10.8. The molecule has 0 atom stereocenters. The molecular formula is C12H12ClN3. The van der Waals surface area contributed by atoms with E-state index in [1.165, 1.54) is 0 Å². The van der Waals surface area contributed by atoms with Gasteiger partial charge in [0.2, 0.25) is 0 Å². The third-order valence-electron chi connectivity index (χ3n) is 2.65. The van der Waals surface area contributed by atoms with Crippen LogP contribution < -0.4 is 5.01 Å². The molecular weight excluding hydrogens is 222 g/mol. The molecule has 16 heavy (non-hydrogen) atoms. The van der Waals surface area contributed by atoms with Crippen LogP contribution in [0.5, 0.6) is 0 Å². The largest absolute Gasteiger partial charge is 0.319 e. The van der Waals surface area contributed by atoms with Crippen molar-refractivity contribution in [2.75, 3.05) is 19.1 Å². The smallest absolute Gasteiger partial charge is 0.102 e. The van der Waals surface area contributed by atoms with Crippen molar-refractivity contribution in [1.29, 1.82) is 5.26 Å². The van der Waals surface area contributed by atoms with Crippen molar-refractivity contribution in [2.24, 2.45) is 0 Å². The van der Waals surface area contributed by atoms with Gasteiger partial charge in [0.1, 0.15) is 6.07 Å². The molecule has 4 heteroatoms. The molecule has 1 aromatic carbocycles. The molecule has 0 aliphatic heterocycles. The van der Waals surface area contributed by atoms with Crippen LogP contribution in [0, 0.1) is 18.3 Å². The first-order valence-corrected chi connectivity index (χ1v) is 5.32. The Morgan fingerprint density at radius 2 is 2.06 bits per heavy atom. The van der Waals surface area contributed by atoms with Gasteiger partial charge in [-0.2, -0.15) is 5.26 Å². The van der Waals surface area contributed by atoms with Crippen molar-refractivity contribution >= 4 is 22.5 Å². The van der Waals surface area contributed by atoms with Crippen LogP contribution in [0.25, 0.3) is 10.9 Å². The number of nitrogens with zero attached hydrogens (tertiary/aromatic N) is 3. The molecule has 1 aromatic heterocycles. The van der Waals surface area contributed by atoms with Crippen LogP contribution in [0.1, 0.15) is 11.3 Å². The number of aromatic nitrogens is 1. The van der Waals surface area contributed by atoms with Crippen molar-refractivity contribution in [3.05, 3.63) is 34.5 Å². The molecule has 1 heterocycles. The average Bonchev–Trinajstić information content (AvgIpc) is 2.48. The Hall–Kier alpha value is -1.66. The number of nitriles is 1. The van der Waals surface area contributed by atoms with Gasteiger partial charge < -0.3 is 5.01 Å². The highest BCUT2D eigenvalue weighted by Gasteiger charge is 2.14. The number of hydrogen-bond acceptors (Lipinski definition) is 2. The predicted molar refractivity (Wildman–Crippen MR) is 66.5 cm³/mol. The normalized spacial score (nSPS) is 10.4. The number of halogens is 1. The van der Waals surface area contributed by atoms with Gasteiger partial charge in [-0.25, -0.2) is 0 Å². The summed E-state index contributed by atoms with van der Waals surface area (Å²) in [5, 5.41) is 12.7. The fraction of sp³-hybridized carbons (Fsp3) is 0.250. The van der Waals surface area contributed by atoms with E-state index < -0.39 is 0 Å². The molecule has 0 saturated heterocycles. The molecule has 0 unspecified atom stereocenters. The van der Waals surface area contributed by atoms with Gasteiger partial charge >= 0.3 is 0 Å². The van der Waals surface area contributed by atoms with Crippen LogP contribution in [0.2, 0.25) is 5.02 Å². The Morgan fingerprint density at radius 3 is 2.62 bits per heavy atom. The summed E-state index contributed by atoms with van der Waals surface area (Å²) in [6, 6.07) is 7.82. The van der Waals surface area contributed by atoms with Gasteiger partial charge in [0, 0.05) is 24.5 Å². The highest BCUT2D eigenvalue weighted by Crippen LogP contribution is 2.27. The van der Waals surface area contributed by atoms with E-state index in [4.69, 9.17) is 16.9 Å². The average molecular weight is 234 g/mol. The van der Waals surface area contributed by atoms with Gasteiger partial charge in [0.15, 0.2) is 0 Å². The maximum absolute atomic E-state index is 9.17. The topological polar surface area (TPSA) is 32.0 Å². The molecule has 0 aliphatic carbocycles. The van der Waals surface area contributed by atoms with Gasteiger partial charge in [0.25, 0.3) is 0 Å². The Labute approximate surface area is 99.4 Å². The van der Waals surface area contributed by atoms with E-state index in [9.17, 15) is 0 Å². The number of hydrogen-bond donors (Lipinski definition) is 0. The van der Waals surface area contributed by atoms with E-state index in [-0.39, 0.29) is 0 Å². The summed E-state index contributed by atoms with van der Waals surface area (Å²) >= 11 is 5.99. The van der Waals surface area contributed by atoms with Crippen LogP contribution in [0.3, 0.4) is 0 Å². The third-order valence-corrected chi connectivity index (χ3v) is 2.88. The minimum absolute atomic E-state index is 0.678. The van der Waals surface area contributed by atoms with Crippen LogP contribution in [0.4, 0.5) is 0 Å². The molecule has 3 nitrogen and oxygen atoms in total. The number of fused-ring (bicyclic) bond motifs is 1. The highest BCUT2D eigenvalue weighted by molar-refractivity contribution is 6.31. The zero-order valence-corrected chi connectivity index (χ0v) is 10.2. The lowest BCUT2D eigenvalue weighted by atomic mass is 10.1. The van der Waals surface area contributed by atoms with E-state index in [1.807, 2.05) is 48.9 Å². The molecule has 0 saturated carbocycles. The van der Waals surface area contributed by atoms with E-state index in [1.54, 1.807) is 0 Å². The molecule has 0 spiro atoms. The van der Waals surface area contributed by atoms with Gasteiger partial charge in [-0.05, 0) is 25.1 Å². The zero-order chi connectivity index (χ0) is 11.9. The van der Waals surface area contributed by atoms with E-state index in [0.717, 1.165) is 16.6 Å². The van der Waals surface area contributed by atoms with Gasteiger partial charge in [-0.3, -0.25) is 4.68 Å². The van der Waals surface area contributed by atoms with Gasteiger partial charge in [-0.15, -0.1) is 0 Å². The fourth-order valence-corrected chi connectivity index (χ4v) is 2.20. The second-order valence-corrected chi connectivity index (χ2v) is 4.33. The lowest BCUT2D eigenvalue weighted by Gasteiger charge is -2.18. The highest BCUT2D eigenvalue weighted by atomic mass is 35.5. The Bertz CT molecular complexity index is 590. The van der Waals surface area contributed by atoms with E-state index in [2.05, 4.69) is 6.07 Å². The third kappa shape index (κ3) is 1.43. The van der Waals surface area contributed by atoms with Gasteiger partial charge in [0.05, 0.1) is 16.8 Å². The quantitative estimate of drug-likeness (QED) is 0.759. The summed E-state index contributed by atoms with van der Waals surface area (Å²) in [6.07, 6.45) is 0. The maximum atomic E-state index is 9.17. The predicted octanol–water partition coefficient (Wildman–Crippen LogP) is 2.67. The molecule has 82 valence electrons. The monoisotopic (exact) mass is 233 g/mol. The molecule has 0 N–H and O–H groups in total. The van der Waals surface area contributed by atoms with Crippen molar-refractivity contribution in [2.45, 2.75) is 6.92 Å². The van der Waals surface area contributed by atoms with Crippen molar-refractivity contribution in [1.82, 2.24) is 4.68 Å². The molecule has 0 aliphatic rings. The first-order chi connectivity index (χ1) is 7.56. The standard InChI is InChI=1S/C12H12ClN3/c1-8-11(7-14)10-5-4-9(13)6-12(10)16(8)15(2)3/h4-6H,1-3H3. The summed E-state index contributed by atoms with van der Waals surface area (Å²) in [6.45, 7) is 1.94. The molecule has 0 amide bonds. The molecule has 0 fully saturated rings. The molecule has 2 rings (SSSR count). The second-order valence-electron chi connectivity index (χ2n) is 3.89. The minimum Gasteiger partial charge on any atom is -0.319 e. The lowest BCUT2D eigenvalue weighted by molar-refractivity contribution is 0.737. The van der Waals surface area contributed by atoms with Crippen LogP contribution >= 0.6 is 11.6 Å². The summed E-state index contributed by atoms with van der Waals surface area (Å²) in [4.78, 5) is 0. The Morgan fingerprint density at radius 1 is 1.38 bits per heavy atom.